The number of hydrogen-bond donors (Lipinski definition) is 2. The summed E-state index contributed by atoms with van der Waals surface area (Å²) in [6.45, 7) is 6.18. The number of nitrogens with two attached hydrogens (primary N) is 1. The predicted molar refractivity (Wildman–Crippen MR) is 108 cm³/mol. The number of nitrogens with one attached hydrogen (secondary N) is 1. The number of primary amides is 1. The highest BCUT2D eigenvalue weighted by Gasteiger charge is 2.25. The van der Waals surface area contributed by atoms with Crippen LogP contribution < -0.4 is 11.1 Å². The minimum Gasteiger partial charge on any atom is -0.366 e. The van der Waals surface area contributed by atoms with Gasteiger partial charge in [-0.05, 0) is 31.2 Å². The van der Waals surface area contributed by atoms with Gasteiger partial charge in [-0.15, -0.1) is 11.3 Å². The van der Waals surface area contributed by atoms with Crippen molar-refractivity contribution in [2.75, 3.05) is 0 Å². The van der Waals surface area contributed by atoms with E-state index in [2.05, 4.69) is 10.4 Å². The summed E-state index contributed by atoms with van der Waals surface area (Å²) in [7, 11) is 0. The lowest BCUT2D eigenvalue weighted by molar-refractivity contribution is -0.122. The molecule has 3 N–H and O–H groups in total. The van der Waals surface area contributed by atoms with Crippen LogP contribution in [0.25, 0.3) is 0 Å². The lowest BCUT2D eigenvalue weighted by Crippen LogP contribution is -2.28. The second-order valence-corrected chi connectivity index (χ2v) is 9.34. The first kappa shape index (κ1) is 20.3. The number of amides is 2. The van der Waals surface area contributed by atoms with Crippen molar-refractivity contribution < 1.29 is 14.4 Å². The third-order valence-corrected chi connectivity index (χ3v) is 6.16. The molecule has 0 saturated heterocycles. The quantitative estimate of drug-likeness (QED) is 0.723. The molecule has 2 aromatic rings. The Bertz CT molecular complexity index is 921. The van der Waals surface area contributed by atoms with E-state index in [4.69, 9.17) is 5.73 Å². The van der Waals surface area contributed by atoms with Crippen LogP contribution in [0.5, 0.6) is 0 Å². The number of nitrogens with zero attached hydrogens (tertiary/aromatic N) is 2. The molecule has 0 aromatic carbocycles. The van der Waals surface area contributed by atoms with E-state index in [0.29, 0.717) is 16.8 Å². The summed E-state index contributed by atoms with van der Waals surface area (Å²) in [6, 6.07) is 0. The van der Waals surface area contributed by atoms with Gasteiger partial charge in [-0.25, -0.2) is 0 Å². The Kier molecular flexibility index (Phi) is 5.69. The van der Waals surface area contributed by atoms with E-state index in [1.54, 1.807) is 17.5 Å². The van der Waals surface area contributed by atoms with Crippen molar-refractivity contribution in [3.8, 4) is 0 Å². The summed E-state index contributed by atoms with van der Waals surface area (Å²) in [5, 5.41) is 7.25. The molecular formula is C20H26N4O3S. The average molecular weight is 403 g/mol. The van der Waals surface area contributed by atoms with E-state index in [0.717, 1.165) is 42.4 Å². The van der Waals surface area contributed by atoms with Crippen LogP contribution in [-0.4, -0.2) is 27.9 Å². The van der Waals surface area contributed by atoms with Crippen molar-refractivity contribution >= 4 is 29.4 Å². The molecule has 0 aliphatic heterocycles. The minimum absolute atomic E-state index is 0.00785. The van der Waals surface area contributed by atoms with E-state index < -0.39 is 5.91 Å². The van der Waals surface area contributed by atoms with Gasteiger partial charge in [0, 0.05) is 21.4 Å². The van der Waals surface area contributed by atoms with Crippen molar-refractivity contribution in [1.82, 2.24) is 15.1 Å². The number of aldehydes is 1. The molecule has 2 aromatic heterocycles. The van der Waals surface area contributed by atoms with Crippen molar-refractivity contribution in [3.05, 3.63) is 38.3 Å². The Hall–Kier alpha value is -2.48. The first-order valence-corrected chi connectivity index (χ1v) is 10.3. The normalized spacial score (nSPS) is 13.8. The molecule has 2 amide bonds. The number of aromatic nitrogens is 2. The van der Waals surface area contributed by atoms with Crippen LogP contribution in [0.1, 0.15) is 75.3 Å². The van der Waals surface area contributed by atoms with Crippen LogP contribution in [0.2, 0.25) is 0 Å². The zero-order chi connectivity index (χ0) is 20.5. The molecule has 7 nitrogen and oxygen atoms in total. The molecule has 3 rings (SSSR count). The molecular weight excluding hydrogens is 376 g/mol. The Morgan fingerprint density at radius 2 is 2.04 bits per heavy atom. The van der Waals surface area contributed by atoms with Gasteiger partial charge in [0.05, 0.1) is 23.4 Å². The van der Waals surface area contributed by atoms with Crippen molar-refractivity contribution in [2.45, 2.75) is 65.0 Å². The highest BCUT2D eigenvalue weighted by molar-refractivity contribution is 7.12. The molecule has 1 aliphatic carbocycles. The predicted octanol–water partition coefficient (Wildman–Crippen LogP) is 2.35. The largest absolute Gasteiger partial charge is 0.366 e. The average Bonchev–Trinajstić information content (AvgIpc) is 3.20. The second kappa shape index (κ2) is 7.87. The van der Waals surface area contributed by atoms with E-state index in [1.165, 1.54) is 9.56 Å². The maximum Gasteiger partial charge on any atom is 0.250 e. The molecule has 0 atom stereocenters. The van der Waals surface area contributed by atoms with Crippen molar-refractivity contribution in [3.63, 3.8) is 0 Å². The van der Waals surface area contributed by atoms with Gasteiger partial charge in [-0.2, -0.15) is 5.10 Å². The summed E-state index contributed by atoms with van der Waals surface area (Å²) >= 11 is 1.57. The first-order chi connectivity index (χ1) is 13.2. The molecule has 2 heterocycles. The summed E-state index contributed by atoms with van der Waals surface area (Å²) < 4.78 is 1.48. The smallest absolute Gasteiger partial charge is 0.250 e. The van der Waals surface area contributed by atoms with Gasteiger partial charge in [-0.1, -0.05) is 20.8 Å². The second-order valence-electron chi connectivity index (χ2n) is 8.15. The van der Waals surface area contributed by atoms with E-state index in [1.807, 2.05) is 20.8 Å². The van der Waals surface area contributed by atoms with Gasteiger partial charge in [0.15, 0.2) is 6.29 Å². The van der Waals surface area contributed by atoms with Gasteiger partial charge in [0.1, 0.15) is 6.54 Å². The lowest BCUT2D eigenvalue weighted by atomic mass is 9.90. The molecule has 0 spiro atoms. The fourth-order valence-electron chi connectivity index (χ4n) is 3.60. The number of aryl methyl sites for hydroxylation is 1. The molecule has 0 fully saturated rings. The number of carbonyl (C=O) groups excluding carboxylic acids is 3. The molecule has 0 bridgehead atoms. The molecule has 0 radical (unpaired) electrons. The standard InChI is InChI=1S/C20H26N4O3S/c1-20(2,3)18-12(11-25)9-24(23-18)10-16(26)22-8-15-17(19(21)27)13-6-4-5-7-14(13)28-15/h9,11H,4-8,10H2,1-3H3,(H2,21,27)(H,22,26). The van der Waals surface area contributed by atoms with Crippen LogP contribution in [0.4, 0.5) is 0 Å². The molecule has 0 unspecified atom stereocenters. The number of hydrogen-bond acceptors (Lipinski definition) is 5. The number of rotatable bonds is 6. The molecule has 28 heavy (non-hydrogen) atoms. The topological polar surface area (TPSA) is 107 Å². The molecule has 0 saturated carbocycles. The van der Waals surface area contributed by atoms with Crippen LogP contribution in [0, 0.1) is 0 Å². The van der Waals surface area contributed by atoms with Gasteiger partial charge in [0.2, 0.25) is 11.8 Å². The Morgan fingerprint density at radius 1 is 1.32 bits per heavy atom. The fraction of sp³-hybridized carbons (Fsp3) is 0.500. The Labute approximate surface area is 168 Å². The zero-order valence-electron chi connectivity index (χ0n) is 16.5. The molecule has 1 aliphatic rings. The van der Waals surface area contributed by atoms with E-state index in [9.17, 15) is 14.4 Å². The maximum atomic E-state index is 12.4. The summed E-state index contributed by atoms with van der Waals surface area (Å²) in [4.78, 5) is 37.6. The van der Waals surface area contributed by atoms with Gasteiger partial charge in [-0.3, -0.25) is 19.1 Å². The highest BCUT2D eigenvalue weighted by atomic mass is 32.1. The Balaban J connectivity index is 1.70. The van der Waals surface area contributed by atoms with Gasteiger partial charge < -0.3 is 11.1 Å². The lowest BCUT2D eigenvalue weighted by Gasteiger charge is -2.15. The SMILES string of the molecule is CC(C)(C)c1nn(CC(=O)NCc2sc3c(c2C(N)=O)CCCC3)cc1C=O. The first-order valence-electron chi connectivity index (χ1n) is 9.43. The van der Waals surface area contributed by atoms with Crippen molar-refractivity contribution in [2.24, 2.45) is 5.73 Å². The molecule has 150 valence electrons. The molecule has 8 heteroatoms. The Morgan fingerprint density at radius 3 is 2.64 bits per heavy atom. The van der Waals surface area contributed by atoms with Crippen LogP contribution in [-0.2, 0) is 36.1 Å². The number of thiophene rings is 1. The summed E-state index contributed by atoms with van der Waals surface area (Å²) in [5.74, 6) is -0.664. The van der Waals surface area contributed by atoms with Crippen molar-refractivity contribution in [1.29, 1.82) is 0 Å². The van der Waals surface area contributed by atoms with Crippen LogP contribution in [0.15, 0.2) is 6.20 Å². The third kappa shape index (κ3) is 4.16. The van der Waals surface area contributed by atoms with Gasteiger partial charge >= 0.3 is 0 Å². The summed E-state index contributed by atoms with van der Waals surface area (Å²) in [5.41, 5.74) is 8.10. The minimum atomic E-state index is -0.429. The number of fused-ring (bicyclic) bond motifs is 1. The van der Waals surface area contributed by atoms with E-state index >= 15 is 0 Å². The fourth-order valence-corrected chi connectivity index (χ4v) is 4.94. The number of carbonyl (C=O) groups is 3. The van der Waals surface area contributed by atoms with Crippen LogP contribution >= 0.6 is 11.3 Å². The van der Waals surface area contributed by atoms with E-state index in [-0.39, 0.29) is 24.4 Å². The maximum absolute atomic E-state index is 12.4. The van der Waals surface area contributed by atoms with Crippen LogP contribution in [0.3, 0.4) is 0 Å². The summed E-state index contributed by atoms with van der Waals surface area (Å²) in [6.07, 6.45) is 6.36. The zero-order valence-corrected chi connectivity index (χ0v) is 17.3. The third-order valence-electron chi connectivity index (χ3n) is 4.87. The monoisotopic (exact) mass is 402 g/mol. The van der Waals surface area contributed by atoms with Gasteiger partial charge in [0.25, 0.3) is 0 Å². The highest BCUT2D eigenvalue weighted by Crippen LogP contribution is 2.34.